The van der Waals surface area contributed by atoms with E-state index in [4.69, 9.17) is 4.74 Å². The predicted molar refractivity (Wildman–Crippen MR) is 105 cm³/mol. The third-order valence-corrected chi connectivity index (χ3v) is 5.90. The molecule has 0 aliphatic carbocycles. The van der Waals surface area contributed by atoms with Gasteiger partial charge in [-0.15, -0.1) is 11.8 Å². The summed E-state index contributed by atoms with van der Waals surface area (Å²) in [6.07, 6.45) is 0.768. The van der Waals surface area contributed by atoms with Crippen LogP contribution in [0, 0.1) is 12.7 Å². The van der Waals surface area contributed by atoms with Crippen molar-refractivity contribution in [2.45, 2.75) is 24.3 Å². The van der Waals surface area contributed by atoms with Crippen LogP contribution in [0.1, 0.15) is 34.1 Å². The number of pyridine rings is 1. The van der Waals surface area contributed by atoms with Crippen molar-refractivity contribution in [3.8, 4) is 5.75 Å². The van der Waals surface area contributed by atoms with Gasteiger partial charge in [-0.1, -0.05) is 0 Å². The highest BCUT2D eigenvalue weighted by atomic mass is 32.2. The van der Waals surface area contributed by atoms with Crippen LogP contribution in [0.25, 0.3) is 10.9 Å². The molecule has 1 aromatic heterocycles. The summed E-state index contributed by atoms with van der Waals surface area (Å²) < 4.78 is 18.9. The molecule has 138 valence electrons. The number of nitrogens with zero attached hydrogens (tertiary/aromatic N) is 1. The number of ether oxygens (including phenoxy) is 1. The molecule has 4 rings (SSSR count). The zero-order chi connectivity index (χ0) is 19.0. The van der Waals surface area contributed by atoms with Gasteiger partial charge in [0.25, 0.3) is 5.91 Å². The monoisotopic (exact) mass is 382 g/mol. The van der Waals surface area contributed by atoms with Crippen LogP contribution in [0.5, 0.6) is 5.75 Å². The second-order valence-electron chi connectivity index (χ2n) is 6.53. The van der Waals surface area contributed by atoms with Gasteiger partial charge in [-0.2, -0.15) is 0 Å². The number of hydrogen-bond acceptors (Lipinski definition) is 4. The minimum atomic E-state index is -0.284. The SMILES string of the molecule is COc1ccc2cc(C(=O)NC3CCSc4ccc(F)cc43)c(C)nc2c1. The highest BCUT2D eigenvalue weighted by Gasteiger charge is 2.24. The molecule has 6 heteroatoms. The van der Waals surface area contributed by atoms with Gasteiger partial charge in [0.15, 0.2) is 0 Å². The second-order valence-corrected chi connectivity index (χ2v) is 7.66. The Hall–Kier alpha value is -2.60. The molecule has 27 heavy (non-hydrogen) atoms. The number of benzene rings is 2. The minimum absolute atomic E-state index is 0.190. The van der Waals surface area contributed by atoms with E-state index in [1.807, 2.05) is 31.2 Å². The third-order valence-electron chi connectivity index (χ3n) is 4.78. The van der Waals surface area contributed by atoms with Gasteiger partial charge >= 0.3 is 0 Å². The van der Waals surface area contributed by atoms with Crippen molar-refractivity contribution in [2.75, 3.05) is 12.9 Å². The Kier molecular flexibility index (Phi) is 4.74. The molecule has 2 heterocycles. The zero-order valence-electron chi connectivity index (χ0n) is 15.1. The number of methoxy groups -OCH3 is 1. The number of carbonyl (C=O) groups is 1. The topological polar surface area (TPSA) is 51.2 Å². The molecule has 0 bridgehead atoms. The molecule has 0 saturated heterocycles. The Morgan fingerprint density at radius 3 is 2.93 bits per heavy atom. The number of rotatable bonds is 3. The lowest BCUT2D eigenvalue weighted by Gasteiger charge is -2.26. The predicted octanol–water partition coefficient (Wildman–Crippen LogP) is 4.66. The molecular formula is C21H19FN2O2S. The van der Waals surface area contributed by atoms with E-state index in [1.54, 1.807) is 24.9 Å². The van der Waals surface area contributed by atoms with Crippen molar-refractivity contribution in [2.24, 2.45) is 0 Å². The summed E-state index contributed by atoms with van der Waals surface area (Å²) in [6, 6.07) is 12.0. The highest BCUT2D eigenvalue weighted by Crippen LogP contribution is 2.36. The van der Waals surface area contributed by atoms with Crippen LogP contribution in [0.2, 0.25) is 0 Å². The van der Waals surface area contributed by atoms with Crippen LogP contribution in [0.15, 0.2) is 47.4 Å². The van der Waals surface area contributed by atoms with E-state index in [0.29, 0.717) is 11.3 Å². The summed E-state index contributed by atoms with van der Waals surface area (Å²) >= 11 is 1.69. The Bertz CT molecular complexity index is 1040. The Morgan fingerprint density at radius 2 is 2.11 bits per heavy atom. The summed E-state index contributed by atoms with van der Waals surface area (Å²) in [6.45, 7) is 1.82. The van der Waals surface area contributed by atoms with E-state index in [1.165, 1.54) is 12.1 Å². The van der Waals surface area contributed by atoms with Crippen LogP contribution in [-0.2, 0) is 0 Å². The fraction of sp³-hybridized carbons (Fsp3) is 0.238. The van der Waals surface area contributed by atoms with Crippen molar-refractivity contribution < 1.29 is 13.9 Å². The number of aryl methyl sites for hydroxylation is 1. The average molecular weight is 382 g/mol. The third kappa shape index (κ3) is 3.49. The first-order valence-corrected chi connectivity index (χ1v) is 9.72. The molecule has 4 nitrogen and oxygen atoms in total. The molecule has 1 atom stereocenters. The van der Waals surface area contributed by atoms with E-state index < -0.39 is 0 Å². The maximum atomic E-state index is 13.7. The van der Waals surface area contributed by atoms with Gasteiger partial charge in [-0.25, -0.2) is 4.39 Å². The van der Waals surface area contributed by atoms with Crippen molar-refractivity contribution in [3.05, 3.63) is 65.1 Å². The van der Waals surface area contributed by atoms with Gasteiger partial charge in [0.2, 0.25) is 0 Å². The quantitative estimate of drug-likeness (QED) is 0.716. The fourth-order valence-electron chi connectivity index (χ4n) is 3.35. The summed E-state index contributed by atoms with van der Waals surface area (Å²) in [5.74, 6) is 1.14. The highest BCUT2D eigenvalue weighted by molar-refractivity contribution is 7.99. The smallest absolute Gasteiger partial charge is 0.253 e. The first kappa shape index (κ1) is 17.8. The van der Waals surface area contributed by atoms with Gasteiger partial charge in [0.05, 0.1) is 29.9 Å². The van der Waals surface area contributed by atoms with E-state index in [9.17, 15) is 9.18 Å². The molecule has 0 radical (unpaired) electrons. The van der Waals surface area contributed by atoms with Crippen molar-refractivity contribution in [1.82, 2.24) is 10.3 Å². The summed E-state index contributed by atoms with van der Waals surface area (Å²) in [4.78, 5) is 18.5. The van der Waals surface area contributed by atoms with Crippen molar-refractivity contribution in [3.63, 3.8) is 0 Å². The van der Waals surface area contributed by atoms with Gasteiger partial charge in [-0.3, -0.25) is 9.78 Å². The van der Waals surface area contributed by atoms with Crippen LogP contribution < -0.4 is 10.1 Å². The Morgan fingerprint density at radius 1 is 1.26 bits per heavy atom. The van der Waals surface area contributed by atoms with Gasteiger partial charge < -0.3 is 10.1 Å². The average Bonchev–Trinajstić information content (AvgIpc) is 2.67. The lowest BCUT2D eigenvalue weighted by molar-refractivity contribution is 0.0934. The van der Waals surface area contributed by atoms with Crippen molar-refractivity contribution in [1.29, 1.82) is 0 Å². The number of nitrogens with one attached hydrogen (secondary N) is 1. The van der Waals surface area contributed by atoms with E-state index >= 15 is 0 Å². The number of thioether (sulfide) groups is 1. The summed E-state index contributed by atoms with van der Waals surface area (Å²) in [7, 11) is 1.61. The molecular weight excluding hydrogens is 363 g/mol. The molecule has 2 aromatic carbocycles. The van der Waals surface area contributed by atoms with Crippen molar-refractivity contribution >= 4 is 28.6 Å². The zero-order valence-corrected chi connectivity index (χ0v) is 15.9. The van der Waals surface area contributed by atoms with E-state index in [0.717, 1.165) is 39.3 Å². The van der Waals surface area contributed by atoms with Gasteiger partial charge in [-0.05, 0) is 55.3 Å². The standard InChI is InChI=1S/C21H19FN2O2S/c1-12-16(9-13-3-5-15(26-2)11-19(13)23-12)21(25)24-18-7-8-27-20-6-4-14(22)10-17(18)20/h3-6,9-11,18H,7-8H2,1-2H3,(H,24,25). The number of fused-ring (bicyclic) bond motifs is 2. The minimum Gasteiger partial charge on any atom is -0.497 e. The molecule has 1 unspecified atom stereocenters. The number of carbonyl (C=O) groups excluding carboxylic acids is 1. The van der Waals surface area contributed by atoms with Crippen LogP contribution in [0.3, 0.4) is 0 Å². The lowest BCUT2D eigenvalue weighted by Crippen LogP contribution is -2.31. The molecule has 0 fully saturated rings. The molecule has 0 spiro atoms. The summed E-state index contributed by atoms with van der Waals surface area (Å²) in [5, 5.41) is 3.94. The largest absolute Gasteiger partial charge is 0.497 e. The molecule has 1 amide bonds. The Balaban J connectivity index is 1.64. The fourth-order valence-corrected chi connectivity index (χ4v) is 4.46. The second kappa shape index (κ2) is 7.19. The maximum absolute atomic E-state index is 13.7. The first-order chi connectivity index (χ1) is 13.0. The van der Waals surface area contributed by atoms with Crippen LogP contribution in [0.4, 0.5) is 4.39 Å². The van der Waals surface area contributed by atoms with Crippen LogP contribution >= 0.6 is 11.8 Å². The first-order valence-electron chi connectivity index (χ1n) is 8.73. The molecule has 1 aliphatic rings. The van der Waals surface area contributed by atoms with E-state index in [2.05, 4.69) is 10.3 Å². The molecule has 1 N–H and O–H groups in total. The summed E-state index contributed by atoms with van der Waals surface area (Å²) in [5.41, 5.74) is 2.81. The van der Waals surface area contributed by atoms with Gasteiger partial charge in [0, 0.05) is 22.1 Å². The number of halogens is 1. The number of hydrogen-bond donors (Lipinski definition) is 1. The van der Waals surface area contributed by atoms with Gasteiger partial charge in [0.1, 0.15) is 11.6 Å². The maximum Gasteiger partial charge on any atom is 0.253 e. The van der Waals surface area contributed by atoms with Crippen LogP contribution in [-0.4, -0.2) is 23.8 Å². The lowest BCUT2D eigenvalue weighted by atomic mass is 10.0. The number of amides is 1. The molecule has 0 saturated carbocycles. The number of aromatic nitrogens is 1. The normalized spacial score (nSPS) is 16.0. The molecule has 3 aromatic rings. The molecule has 1 aliphatic heterocycles. The Labute approximate surface area is 161 Å². The van der Waals surface area contributed by atoms with E-state index in [-0.39, 0.29) is 17.8 Å².